The maximum atomic E-state index is 12.6. The molecule has 1 heterocycles. The largest absolute Gasteiger partial charge is 0.486 e. The predicted octanol–water partition coefficient (Wildman–Crippen LogP) is 5.34. The maximum Gasteiger partial charge on any atom is 0.230 e. The zero-order valence-electron chi connectivity index (χ0n) is 16.6. The predicted molar refractivity (Wildman–Crippen MR) is 115 cm³/mol. The highest BCUT2D eigenvalue weighted by atomic mass is 32.1. The molecule has 0 saturated heterocycles. The summed E-state index contributed by atoms with van der Waals surface area (Å²) < 4.78 is 5.77. The van der Waals surface area contributed by atoms with Crippen LogP contribution in [-0.2, 0) is 30.7 Å². The number of ether oxygens (including phenoxy) is 1. The van der Waals surface area contributed by atoms with E-state index in [2.05, 4.69) is 36.3 Å². The minimum Gasteiger partial charge on any atom is -0.486 e. The second-order valence-corrected chi connectivity index (χ2v) is 7.66. The van der Waals surface area contributed by atoms with E-state index in [-0.39, 0.29) is 12.3 Å². The fourth-order valence-corrected chi connectivity index (χ4v) is 3.73. The van der Waals surface area contributed by atoms with Gasteiger partial charge in [-0.25, -0.2) is 4.98 Å². The monoisotopic (exact) mass is 394 g/mol. The van der Waals surface area contributed by atoms with Crippen molar-refractivity contribution in [2.24, 2.45) is 0 Å². The van der Waals surface area contributed by atoms with E-state index in [1.807, 2.05) is 42.6 Å². The van der Waals surface area contributed by atoms with Gasteiger partial charge in [0.2, 0.25) is 5.91 Å². The Morgan fingerprint density at radius 3 is 2.39 bits per heavy atom. The smallest absolute Gasteiger partial charge is 0.230 e. The molecular formula is C23H26N2O2S. The van der Waals surface area contributed by atoms with Gasteiger partial charge in [0.25, 0.3) is 0 Å². The Bertz CT molecular complexity index is 910. The van der Waals surface area contributed by atoms with Crippen molar-refractivity contribution in [3.8, 4) is 5.75 Å². The van der Waals surface area contributed by atoms with Crippen LogP contribution in [0.1, 0.15) is 41.2 Å². The number of carbonyl (C=O) groups excluding carboxylic acids is 1. The standard InChI is InChI=1S/C23H26N2O2S/c1-4-17-7-6-8-18(5-2)23(17)25-21(26)13-19-15-28-22(24-19)14-27-20-11-9-16(3)10-12-20/h6-12,15H,4-5,13-14H2,1-3H3,(H,25,26). The van der Waals surface area contributed by atoms with Crippen molar-refractivity contribution in [2.75, 3.05) is 5.32 Å². The molecule has 3 rings (SSSR count). The number of aryl methyl sites for hydroxylation is 3. The van der Waals surface area contributed by atoms with E-state index in [0.29, 0.717) is 6.61 Å². The van der Waals surface area contributed by atoms with Crippen LogP contribution in [0.5, 0.6) is 5.75 Å². The fraction of sp³-hybridized carbons (Fsp3) is 0.304. The van der Waals surface area contributed by atoms with Gasteiger partial charge in [-0.2, -0.15) is 0 Å². The molecule has 0 atom stereocenters. The number of hydrogen-bond donors (Lipinski definition) is 1. The molecule has 4 nitrogen and oxygen atoms in total. The lowest BCUT2D eigenvalue weighted by molar-refractivity contribution is -0.115. The summed E-state index contributed by atoms with van der Waals surface area (Å²) in [4.78, 5) is 17.1. The molecular weight excluding hydrogens is 368 g/mol. The van der Waals surface area contributed by atoms with Crippen LogP contribution in [0.4, 0.5) is 5.69 Å². The molecule has 0 saturated carbocycles. The number of nitrogens with zero attached hydrogens (tertiary/aromatic N) is 1. The topological polar surface area (TPSA) is 51.2 Å². The molecule has 1 aromatic heterocycles. The average molecular weight is 395 g/mol. The molecule has 28 heavy (non-hydrogen) atoms. The molecule has 5 heteroatoms. The van der Waals surface area contributed by atoms with Crippen molar-refractivity contribution in [2.45, 2.75) is 46.6 Å². The molecule has 146 valence electrons. The van der Waals surface area contributed by atoms with Crippen LogP contribution in [0, 0.1) is 6.92 Å². The number of carbonyl (C=O) groups is 1. The quantitative estimate of drug-likeness (QED) is 0.561. The number of hydrogen-bond acceptors (Lipinski definition) is 4. The Hall–Kier alpha value is -2.66. The second kappa shape index (κ2) is 9.51. The van der Waals surface area contributed by atoms with E-state index in [0.717, 1.165) is 46.1 Å². The summed E-state index contributed by atoms with van der Waals surface area (Å²) in [5.74, 6) is 0.787. The number of rotatable bonds is 8. The van der Waals surface area contributed by atoms with E-state index in [1.54, 1.807) is 0 Å². The first-order chi connectivity index (χ1) is 13.6. The molecule has 0 unspecified atom stereocenters. The Morgan fingerprint density at radius 2 is 1.75 bits per heavy atom. The minimum atomic E-state index is -0.0353. The maximum absolute atomic E-state index is 12.6. The Morgan fingerprint density at radius 1 is 1.07 bits per heavy atom. The number of aromatic nitrogens is 1. The van der Waals surface area contributed by atoms with Gasteiger partial charge in [-0.1, -0.05) is 49.7 Å². The summed E-state index contributed by atoms with van der Waals surface area (Å²) >= 11 is 1.52. The first-order valence-corrected chi connectivity index (χ1v) is 10.5. The van der Waals surface area contributed by atoms with Gasteiger partial charge in [0, 0.05) is 11.1 Å². The van der Waals surface area contributed by atoms with Crippen molar-refractivity contribution in [3.63, 3.8) is 0 Å². The average Bonchev–Trinajstić information content (AvgIpc) is 3.14. The van der Waals surface area contributed by atoms with Crippen molar-refractivity contribution in [3.05, 3.63) is 75.2 Å². The molecule has 0 aliphatic heterocycles. The normalized spacial score (nSPS) is 10.7. The summed E-state index contributed by atoms with van der Waals surface area (Å²) in [6.45, 7) is 6.66. The van der Waals surface area contributed by atoms with Crippen molar-refractivity contribution in [1.82, 2.24) is 4.98 Å². The van der Waals surface area contributed by atoms with Gasteiger partial charge < -0.3 is 10.1 Å². The van der Waals surface area contributed by atoms with E-state index < -0.39 is 0 Å². The van der Waals surface area contributed by atoms with Crippen LogP contribution in [0.25, 0.3) is 0 Å². The summed E-state index contributed by atoms with van der Waals surface area (Å²) in [5, 5.41) is 5.89. The van der Waals surface area contributed by atoms with Crippen LogP contribution in [0.2, 0.25) is 0 Å². The SMILES string of the molecule is CCc1cccc(CC)c1NC(=O)Cc1csc(COc2ccc(C)cc2)n1. The molecule has 0 radical (unpaired) electrons. The van der Waals surface area contributed by atoms with E-state index >= 15 is 0 Å². The molecule has 2 aromatic carbocycles. The van der Waals surface area contributed by atoms with Gasteiger partial charge in [-0.05, 0) is 43.0 Å². The molecule has 0 aliphatic rings. The summed E-state index contributed by atoms with van der Waals surface area (Å²) in [6.07, 6.45) is 2.05. The minimum absolute atomic E-state index is 0.0353. The molecule has 1 N–H and O–H groups in total. The molecule has 0 spiro atoms. The van der Waals surface area contributed by atoms with Crippen LogP contribution >= 0.6 is 11.3 Å². The van der Waals surface area contributed by atoms with Crippen LogP contribution in [0.3, 0.4) is 0 Å². The lowest BCUT2D eigenvalue weighted by Crippen LogP contribution is -2.17. The Balaban J connectivity index is 1.59. The third-order valence-corrected chi connectivity index (χ3v) is 5.46. The highest BCUT2D eigenvalue weighted by Crippen LogP contribution is 2.23. The number of thiazole rings is 1. The number of nitrogens with one attached hydrogen (secondary N) is 1. The number of benzene rings is 2. The Labute approximate surface area is 170 Å². The first kappa shape index (κ1) is 20.1. The van der Waals surface area contributed by atoms with Gasteiger partial charge in [-0.3, -0.25) is 4.79 Å². The lowest BCUT2D eigenvalue weighted by atomic mass is 10.0. The van der Waals surface area contributed by atoms with Crippen molar-refractivity contribution in [1.29, 1.82) is 0 Å². The zero-order chi connectivity index (χ0) is 19.9. The molecule has 1 amide bonds. The van der Waals surface area contributed by atoms with Crippen LogP contribution in [0.15, 0.2) is 47.8 Å². The van der Waals surface area contributed by atoms with Gasteiger partial charge in [0.15, 0.2) is 0 Å². The summed E-state index contributed by atoms with van der Waals surface area (Å²) in [5.41, 5.74) is 5.26. The second-order valence-electron chi connectivity index (χ2n) is 6.72. The third-order valence-electron chi connectivity index (χ3n) is 4.59. The van der Waals surface area contributed by atoms with Crippen LogP contribution < -0.4 is 10.1 Å². The number of anilines is 1. The lowest BCUT2D eigenvalue weighted by Gasteiger charge is -2.14. The molecule has 0 fully saturated rings. The summed E-state index contributed by atoms with van der Waals surface area (Å²) in [6, 6.07) is 14.1. The van der Waals surface area contributed by atoms with Crippen molar-refractivity contribution < 1.29 is 9.53 Å². The first-order valence-electron chi connectivity index (χ1n) is 9.62. The fourth-order valence-electron chi connectivity index (χ4n) is 3.03. The van der Waals surface area contributed by atoms with Crippen LogP contribution in [-0.4, -0.2) is 10.9 Å². The van der Waals surface area contributed by atoms with E-state index in [1.165, 1.54) is 16.9 Å². The zero-order valence-corrected chi connectivity index (χ0v) is 17.4. The van der Waals surface area contributed by atoms with E-state index in [4.69, 9.17) is 4.74 Å². The molecule has 0 aliphatic carbocycles. The van der Waals surface area contributed by atoms with Crippen molar-refractivity contribution >= 4 is 22.9 Å². The number of para-hydroxylation sites is 1. The third kappa shape index (κ3) is 5.20. The Kier molecular flexibility index (Phi) is 6.82. The number of amides is 1. The highest BCUT2D eigenvalue weighted by molar-refractivity contribution is 7.09. The summed E-state index contributed by atoms with van der Waals surface area (Å²) in [7, 11) is 0. The molecule has 0 bridgehead atoms. The van der Waals surface area contributed by atoms with E-state index in [9.17, 15) is 4.79 Å². The molecule has 3 aromatic rings. The van der Waals surface area contributed by atoms with Gasteiger partial charge in [0.05, 0.1) is 12.1 Å². The van der Waals surface area contributed by atoms with Gasteiger partial charge >= 0.3 is 0 Å². The van der Waals surface area contributed by atoms with Gasteiger partial charge in [0.1, 0.15) is 17.4 Å². The van der Waals surface area contributed by atoms with Gasteiger partial charge in [-0.15, -0.1) is 11.3 Å². The highest BCUT2D eigenvalue weighted by Gasteiger charge is 2.12.